The Kier molecular flexibility index (Phi) is 6.02. The summed E-state index contributed by atoms with van der Waals surface area (Å²) in [5.41, 5.74) is 0. The first-order valence-corrected chi connectivity index (χ1v) is 4.38. The van der Waals surface area contributed by atoms with Gasteiger partial charge in [-0.15, -0.1) is 12.6 Å². The van der Waals surface area contributed by atoms with E-state index in [9.17, 15) is 0 Å². The van der Waals surface area contributed by atoms with Crippen LogP contribution in [0.5, 0.6) is 0 Å². The van der Waals surface area contributed by atoms with E-state index in [1.807, 2.05) is 18.2 Å². The molecule has 0 N–H and O–H groups in total. The Hall–Kier alpha value is 1.53. The molecule has 0 heterocycles. The van der Waals surface area contributed by atoms with E-state index in [0.717, 1.165) is 13.8 Å². The van der Waals surface area contributed by atoms with E-state index in [1.54, 1.807) is 0 Å². The molecule has 1 aromatic carbocycles. The van der Waals surface area contributed by atoms with Crippen molar-refractivity contribution in [2.75, 3.05) is 0 Å². The fraction of sp³-hybridized carbons (Fsp3) is 0. The smallest absolute Gasteiger partial charge is 0.0325 e. The van der Waals surface area contributed by atoms with Crippen molar-refractivity contribution in [1.82, 2.24) is 0 Å². The van der Waals surface area contributed by atoms with Gasteiger partial charge in [-0.2, -0.15) is 0 Å². The third-order valence-corrected chi connectivity index (χ3v) is 3.35. The second-order valence-electron chi connectivity index (χ2n) is 1.57. The van der Waals surface area contributed by atoms with Crippen LogP contribution in [0.25, 0.3) is 0 Å². The first-order chi connectivity index (χ1) is 4.22. The van der Waals surface area contributed by atoms with Crippen LogP contribution in [0.3, 0.4) is 0 Å². The molecule has 0 nitrogen and oxygen atoms in total. The number of benzene rings is 1. The number of rotatable bonds is 0. The third kappa shape index (κ3) is 2.88. The molecule has 0 atom stereocenters. The van der Waals surface area contributed by atoms with Crippen LogP contribution in [0, 0.1) is 0 Å². The van der Waals surface area contributed by atoms with E-state index >= 15 is 0 Å². The molecule has 0 saturated heterocycles. The Morgan fingerprint density at radius 1 is 1.10 bits per heavy atom. The molecule has 1 aromatic rings. The molecular weight excluding hydrogens is 287 g/mol. The topological polar surface area (TPSA) is 0 Å². The van der Waals surface area contributed by atoms with E-state index in [-0.39, 0.29) is 29.6 Å². The van der Waals surface area contributed by atoms with E-state index in [1.165, 1.54) is 0 Å². The quantitative estimate of drug-likeness (QED) is 0.551. The minimum absolute atomic E-state index is 0. The van der Waals surface area contributed by atoms with Crippen molar-refractivity contribution < 1.29 is 0 Å². The third-order valence-electron chi connectivity index (χ3n) is 0.938. The van der Waals surface area contributed by atoms with Crippen LogP contribution in [0.15, 0.2) is 32.0 Å². The van der Waals surface area contributed by atoms with E-state index in [2.05, 4.69) is 44.5 Å². The molecule has 0 unspecified atom stereocenters. The molecule has 10 heavy (non-hydrogen) atoms. The van der Waals surface area contributed by atoms with Crippen LogP contribution in [0.1, 0.15) is 0 Å². The van der Waals surface area contributed by atoms with Crippen molar-refractivity contribution in [3.05, 3.63) is 27.1 Å². The van der Waals surface area contributed by atoms with Crippen LogP contribution < -0.4 is 0 Å². The van der Waals surface area contributed by atoms with Gasteiger partial charge in [0, 0.05) is 43.4 Å². The Bertz CT molecular complexity index is 207. The first kappa shape index (κ1) is 11.5. The number of hydrogen-bond acceptors (Lipinski definition) is 1. The predicted molar refractivity (Wildman–Crippen MR) is 54.8 cm³/mol. The molecule has 0 aliphatic carbocycles. The summed E-state index contributed by atoms with van der Waals surface area (Å²) in [6.45, 7) is 0. The van der Waals surface area contributed by atoms with Crippen molar-refractivity contribution in [2.24, 2.45) is 0 Å². The molecule has 0 amide bonds. The molecule has 0 aliphatic heterocycles. The number of halogens is 2. The van der Waals surface area contributed by atoms with Gasteiger partial charge in [0.05, 0.1) is 0 Å². The largest absolute Gasteiger partial charge is 0.141 e. The summed E-state index contributed by atoms with van der Waals surface area (Å²) in [7, 11) is 0. The van der Waals surface area contributed by atoms with Crippen molar-refractivity contribution in [3.8, 4) is 0 Å². The zero-order valence-corrected chi connectivity index (χ0v) is 11.5. The fourth-order valence-corrected chi connectivity index (χ4v) is 1.64. The molecule has 0 bridgehead atoms. The normalized spacial score (nSPS) is 8.70. The van der Waals surface area contributed by atoms with E-state index < -0.39 is 0 Å². The Morgan fingerprint density at radius 2 is 1.50 bits per heavy atom. The van der Waals surface area contributed by atoms with Gasteiger partial charge in [-0.1, -0.05) is 6.07 Å². The van der Waals surface area contributed by atoms with E-state index in [4.69, 9.17) is 0 Å². The van der Waals surface area contributed by atoms with Gasteiger partial charge in [-0.3, -0.25) is 0 Å². The molecule has 1 rings (SSSR count). The molecule has 49 valence electrons. The molecule has 4 heteroatoms. The summed E-state index contributed by atoms with van der Waals surface area (Å²) in [5, 5.41) is 0. The average molecular weight is 291 g/mol. The number of hydrogen-bond donors (Lipinski definition) is 1. The van der Waals surface area contributed by atoms with Crippen LogP contribution in [0.4, 0.5) is 0 Å². The number of thiol groups is 1. The zero-order chi connectivity index (χ0) is 6.85. The second-order valence-corrected chi connectivity index (χ2v) is 3.73. The first-order valence-electron chi connectivity index (χ1n) is 2.35. The van der Waals surface area contributed by atoms with Crippen molar-refractivity contribution in [2.45, 2.75) is 4.90 Å². The molecule has 1 radical (unpaired) electrons. The molecule has 0 spiro atoms. The average Bonchev–Trinajstić information content (AvgIpc) is 1.83. The van der Waals surface area contributed by atoms with Gasteiger partial charge in [0.15, 0.2) is 0 Å². The van der Waals surface area contributed by atoms with Gasteiger partial charge < -0.3 is 0 Å². The molecular formula is C6H4Br2NaS. The zero-order valence-electron chi connectivity index (χ0n) is 5.44. The van der Waals surface area contributed by atoms with Gasteiger partial charge >= 0.3 is 0 Å². The molecule has 0 aliphatic rings. The minimum Gasteiger partial charge on any atom is -0.141 e. The second kappa shape index (κ2) is 5.22. The van der Waals surface area contributed by atoms with Gasteiger partial charge in [0.2, 0.25) is 0 Å². The van der Waals surface area contributed by atoms with Crippen molar-refractivity contribution in [3.63, 3.8) is 0 Å². The van der Waals surface area contributed by atoms with Gasteiger partial charge in [-0.05, 0) is 44.0 Å². The standard InChI is InChI=1S/C6H4Br2S.Na/c7-4-2-1-3-5(8)6(4)9;/h1-3,9H;. The van der Waals surface area contributed by atoms with Crippen LogP contribution in [-0.4, -0.2) is 29.6 Å². The van der Waals surface area contributed by atoms with Gasteiger partial charge in [0.25, 0.3) is 0 Å². The van der Waals surface area contributed by atoms with Crippen LogP contribution in [0.2, 0.25) is 0 Å². The molecule has 0 aromatic heterocycles. The Balaban J connectivity index is 0.000000810. The Labute approximate surface area is 105 Å². The van der Waals surface area contributed by atoms with Gasteiger partial charge in [0.1, 0.15) is 0 Å². The maximum absolute atomic E-state index is 4.22. The summed E-state index contributed by atoms with van der Waals surface area (Å²) < 4.78 is 2.03. The van der Waals surface area contributed by atoms with Crippen molar-refractivity contribution >= 4 is 74.0 Å². The Morgan fingerprint density at radius 3 is 1.80 bits per heavy atom. The van der Waals surface area contributed by atoms with Crippen LogP contribution in [-0.2, 0) is 0 Å². The monoisotopic (exact) mass is 289 g/mol. The summed E-state index contributed by atoms with van der Waals surface area (Å²) >= 11 is 10.9. The summed E-state index contributed by atoms with van der Waals surface area (Å²) in [4.78, 5) is 0.942. The minimum atomic E-state index is 0. The summed E-state index contributed by atoms with van der Waals surface area (Å²) in [6.07, 6.45) is 0. The maximum atomic E-state index is 4.22. The summed E-state index contributed by atoms with van der Waals surface area (Å²) in [5.74, 6) is 0. The maximum Gasteiger partial charge on any atom is 0.0325 e. The van der Waals surface area contributed by atoms with Crippen molar-refractivity contribution in [1.29, 1.82) is 0 Å². The fourth-order valence-electron chi connectivity index (χ4n) is 0.489. The van der Waals surface area contributed by atoms with Crippen LogP contribution >= 0.6 is 44.5 Å². The molecule has 0 saturated carbocycles. The van der Waals surface area contributed by atoms with E-state index in [0.29, 0.717) is 0 Å². The summed E-state index contributed by atoms with van der Waals surface area (Å²) in [6, 6.07) is 5.86. The van der Waals surface area contributed by atoms with Gasteiger partial charge in [-0.25, -0.2) is 0 Å². The predicted octanol–water partition coefficient (Wildman–Crippen LogP) is 3.12. The SMILES string of the molecule is Sc1c(Br)cccc1Br.[Na]. The molecule has 0 fully saturated rings.